The zero-order chi connectivity index (χ0) is 22.2. The minimum absolute atomic E-state index is 0.0483. The molecule has 0 unspecified atom stereocenters. The summed E-state index contributed by atoms with van der Waals surface area (Å²) in [6.45, 7) is 1.75. The Bertz CT molecular complexity index is 1010. The molecule has 10 heteroatoms. The first kappa shape index (κ1) is 22.3. The standard InChI is InChI=1S/C20H15F5O3S2/c1-14-2-8-17(9-3-14)29(18-10-4-15(21)5-11-18,19-12-6-16(22)7-13-19)28-30(26,27)20(23,24)25/h2-13H,1H3/p+1. The van der Waals surface area contributed by atoms with Crippen LogP contribution in [0.1, 0.15) is 5.56 Å². The van der Waals surface area contributed by atoms with E-state index >= 15 is 0 Å². The molecule has 0 spiro atoms. The Balaban J connectivity index is 2.40. The SMILES string of the molecule is Cc1ccc(S([OH+]S(=O)(=O)C(F)(F)F)(c2ccc(F)cc2)c2ccc(F)cc2)cc1. The smallest absolute Gasteiger partial charge is 0.255 e. The van der Waals surface area contributed by atoms with Gasteiger partial charge in [-0.1, -0.05) is 17.7 Å². The summed E-state index contributed by atoms with van der Waals surface area (Å²) in [5.74, 6) is -1.32. The van der Waals surface area contributed by atoms with E-state index in [0.29, 0.717) is 0 Å². The molecule has 0 fully saturated rings. The normalized spacial score (nSPS) is 13.3. The summed E-state index contributed by atoms with van der Waals surface area (Å²) < 4.78 is 94.8. The second-order valence-electron chi connectivity index (χ2n) is 6.30. The number of aryl methyl sites for hydroxylation is 1. The Morgan fingerprint density at radius 2 is 1.00 bits per heavy atom. The zero-order valence-electron chi connectivity index (χ0n) is 15.4. The summed E-state index contributed by atoms with van der Waals surface area (Å²) in [5, 5.41) is 0. The van der Waals surface area contributed by atoms with Gasteiger partial charge < -0.3 is 0 Å². The molecule has 30 heavy (non-hydrogen) atoms. The summed E-state index contributed by atoms with van der Waals surface area (Å²) in [6.07, 6.45) is 0. The highest BCUT2D eigenvalue weighted by Crippen LogP contribution is 2.68. The fourth-order valence-corrected chi connectivity index (χ4v) is 7.68. The largest absolute Gasteiger partial charge is 0.572 e. The molecule has 0 aliphatic heterocycles. The Hall–Kier alpha value is -2.43. The summed E-state index contributed by atoms with van der Waals surface area (Å²) in [7, 11) is -9.40. The fourth-order valence-electron chi connectivity index (χ4n) is 2.73. The molecule has 0 aliphatic rings. The molecule has 0 radical (unpaired) electrons. The molecular formula is C20H16F5O3S2+. The third-order valence-corrected chi connectivity index (χ3v) is 9.30. The van der Waals surface area contributed by atoms with Crippen molar-refractivity contribution in [2.24, 2.45) is 0 Å². The summed E-state index contributed by atoms with van der Waals surface area (Å²) in [5.41, 5.74) is -4.86. The van der Waals surface area contributed by atoms with Crippen molar-refractivity contribution in [1.29, 1.82) is 0 Å². The topological polar surface area (TPSA) is 46.9 Å². The first-order chi connectivity index (χ1) is 14.0. The minimum Gasteiger partial charge on any atom is -0.255 e. The molecule has 3 nitrogen and oxygen atoms in total. The molecule has 0 aliphatic carbocycles. The van der Waals surface area contributed by atoms with E-state index in [1.165, 1.54) is 36.4 Å². The molecule has 0 saturated carbocycles. The van der Waals surface area contributed by atoms with E-state index in [9.17, 15) is 30.4 Å². The molecule has 3 aromatic rings. The summed E-state index contributed by atoms with van der Waals surface area (Å²) >= 11 is 0. The van der Waals surface area contributed by atoms with E-state index in [2.05, 4.69) is 3.63 Å². The maximum atomic E-state index is 13.5. The van der Waals surface area contributed by atoms with Crippen LogP contribution in [-0.2, 0) is 10.1 Å². The lowest BCUT2D eigenvalue weighted by Gasteiger charge is -2.34. The van der Waals surface area contributed by atoms with Crippen molar-refractivity contribution in [3.05, 3.63) is 90.0 Å². The minimum atomic E-state index is -5.96. The van der Waals surface area contributed by atoms with E-state index in [0.717, 1.165) is 29.8 Å². The molecule has 160 valence electrons. The molecular weight excluding hydrogens is 447 g/mol. The number of hydrogen-bond donors (Lipinski definition) is 0. The van der Waals surface area contributed by atoms with Crippen molar-refractivity contribution in [3.63, 3.8) is 0 Å². The Morgan fingerprint density at radius 3 is 1.33 bits per heavy atom. The number of halogens is 5. The van der Waals surface area contributed by atoms with Crippen LogP contribution in [0.15, 0.2) is 87.5 Å². The molecule has 1 N–H and O–H groups in total. The lowest BCUT2D eigenvalue weighted by molar-refractivity contribution is -0.0540. The van der Waals surface area contributed by atoms with Crippen molar-refractivity contribution in [2.45, 2.75) is 27.1 Å². The van der Waals surface area contributed by atoms with Crippen LogP contribution in [0.25, 0.3) is 0 Å². The first-order valence-electron chi connectivity index (χ1n) is 8.42. The van der Waals surface area contributed by atoms with E-state index in [4.69, 9.17) is 0 Å². The Kier molecular flexibility index (Phi) is 5.94. The van der Waals surface area contributed by atoms with Gasteiger partial charge in [0.25, 0.3) is 0 Å². The second kappa shape index (κ2) is 8.01. The predicted molar refractivity (Wildman–Crippen MR) is 104 cm³/mol. The monoisotopic (exact) mass is 463 g/mol. The van der Waals surface area contributed by atoms with E-state index in [-0.39, 0.29) is 14.7 Å². The summed E-state index contributed by atoms with van der Waals surface area (Å²) in [4.78, 5) is 0.263. The van der Waals surface area contributed by atoms with Gasteiger partial charge in [0, 0.05) is 0 Å². The molecule has 0 saturated heterocycles. The lowest BCUT2D eigenvalue weighted by Crippen LogP contribution is -2.30. The molecule has 3 aromatic carbocycles. The van der Waals surface area contributed by atoms with Crippen molar-refractivity contribution in [1.82, 2.24) is 0 Å². The van der Waals surface area contributed by atoms with Gasteiger partial charge in [0.05, 0.1) is 25.0 Å². The van der Waals surface area contributed by atoms with E-state index < -0.39 is 37.6 Å². The van der Waals surface area contributed by atoms with Gasteiger partial charge in [0.1, 0.15) is 11.6 Å². The summed E-state index contributed by atoms with van der Waals surface area (Å²) in [6, 6.07) is 14.9. The molecule has 0 aromatic heterocycles. The number of rotatable bonds is 5. The van der Waals surface area contributed by atoms with Crippen LogP contribution in [-0.4, -0.2) is 17.6 Å². The molecule has 0 amide bonds. The molecule has 0 bridgehead atoms. The van der Waals surface area contributed by atoms with Crippen LogP contribution in [0, 0.1) is 18.6 Å². The van der Waals surface area contributed by atoms with Gasteiger partial charge in [-0.2, -0.15) is 13.2 Å². The van der Waals surface area contributed by atoms with Crippen LogP contribution in [0.5, 0.6) is 0 Å². The van der Waals surface area contributed by atoms with Crippen LogP contribution in [0.4, 0.5) is 22.0 Å². The van der Waals surface area contributed by atoms with Crippen molar-refractivity contribution in [2.75, 3.05) is 0 Å². The molecule has 3 rings (SSSR count). The number of alkyl halides is 3. The Morgan fingerprint density at radius 1 is 0.667 bits per heavy atom. The third-order valence-electron chi connectivity index (χ3n) is 4.17. The average Bonchev–Trinajstić information content (AvgIpc) is 2.67. The van der Waals surface area contributed by atoms with Gasteiger partial charge in [-0.05, 0) is 67.6 Å². The van der Waals surface area contributed by atoms with Gasteiger partial charge in [0.2, 0.25) is 0 Å². The van der Waals surface area contributed by atoms with Gasteiger partial charge >= 0.3 is 15.6 Å². The lowest BCUT2D eigenvalue weighted by atomic mass is 10.2. The van der Waals surface area contributed by atoms with Crippen LogP contribution in [0.3, 0.4) is 0 Å². The van der Waals surface area contributed by atoms with Gasteiger partial charge in [-0.25, -0.2) is 8.78 Å². The quantitative estimate of drug-likeness (QED) is 0.190. The number of benzene rings is 3. The van der Waals surface area contributed by atoms with Gasteiger partial charge in [0.15, 0.2) is 0 Å². The second-order valence-corrected chi connectivity index (χ2v) is 10.9. The van der Waals surface area contributed by atoms with Crippen LogP contribution < -0.4 is 0 Å². The van der Waals surface area contributed by atoms with Gasteiger partial charge in [-0.3, -0.25) is 3.63 Å². The van der Waals surface area contributed by atoms with Crippen LogP contribution in [0.2, 0.25) is 0 Å². The zero-order valence-corrected chi connectivity index (χ0v) is 17.0. The maximum Gasteiger partial charge on any atom is 0.572 e. The highest BCUT2D eigenvalue weighted by Gasteiger charge is 2.57. The van der Waals surface area contributed by atoms with Crippen molar-refractivity contribution < 1.29 is 34.0 Å². The molecule has 0 heterocycles. The third kappa shape index (κ3) is 4.21. The van der Waals surface area contributed by atoms with Gasteiger partial charge in [-0.15, -0.1) is 8.42 Å². The molecule has 0 atom stereocenters. The predicted octanol–water partition coefficient (Wildman–Crippen LogP) is 6.41. The highest BCUT2D eigenvalue weighted by atomic mass is 32.3. The fraction of sp³-hybridized carbons (Fsp3) is 0.100. The average molecular weight is 463 g/mol. The first-order valence-corrected chi connectivity index (χ1v) is 11.5. The highest BCUT2D eigenvalue weighted by molar-refractivity contribution is 8.32. The van der Waals surface area contributed by atoms with Crippen molar-refractivity contribution in [3.8, 4) is 0 Å². The van der Waals surface area contributed by atoms with Crippen molar-refractivity contribution >= 4 is 20.4 Å². The van der Waals surface area contributed by atoms with E-state index in [1.807, 2.05) is 0 Å². The Labute approximate surface area is 171 Å². The van der Waals surface area contributed by atoms with E-state index in [1.54, 1.807) is 19.1 Å². The maximum absolute atomic E-state index is 13.5. The van der Waals surface area contributed by atoms with Crippen LogP contribution >= 0.6 is 10.3 Å². The number of hydrogen-bond acceptors (Lipinski definition) is 2.